The maximum absolute atomic E-state index is 12.7. The van der Waals surface area contributed by atoms with Crippen molar-refractivity contribution in [3.05, 3.63) is 72.9 Å². The van der Waals surface area contributed by atoms with Gasteiger partial charge in [-0.1, -0.05) is 209 Å². The molecule has 0 aromatic rings. The van der Waals surface area contributed by atoms with Gasteiger partial charge in [-0.2, -0.15) is 0 Å². The molecule has 3 N–H and O–H groups in total. The maximum Gasteiger partial charge on any atom is 0.472 e. The Balaban J connectivity index is 3.94. The second-order valence-corrected chi connectivity index (χ2v) is 18.8. The molecule has 0 saturated heterocycles. The second kappa shape index (κ2) is 50.9. The zero-order valence-corrected chi connectivity index (χ0v) is 42.6. The molecular weight excluding hydrogens is 834 g/mol. The van der Waals surface area contributed by atoms with Crippen LogP contribution in [0.5, 0.6) is 0 Å². The van der Waals surface area contributed by atoms with Gasteiger partial charge in [0.15, 0.2) is 6.10 Å². The molecule has 0 rings (SSSR count). The van der Waals surface area contributed by atoms with Gasteiger partial charge in [-0.25, -0.2) is 4.57 Å². The topological polar surface area (TPSA) is 134 Å². The molecule has 0 aliphatic carbocycles. The average molecular weight is 932 g/mol. The van der Waals surface area contributed by atoms with Gasteiger partial charge in [-0.05, 0) is 83.5 Å². The summed E-state index contributed by atoms with van der Waals surface area (Å²) >= 11 is 0. The number of ether oxygens (including phenoxy) is 2. The number of phosphoric ester groups is 1. The molecule has 2 unspecified atom stereocenters. The van der Waals surface area contributed by atoms with Crippen molar-refractivity contribution >= 4 is 19.8 Å². The minimum atomic E-state index is -4.38. The second-order valence-electron chi connectivity index (χ2n) is 17.4. The molecule has 10 heteroatoms. The molecule has 0 fully saturated rings. The molecule has 0 saturated carbocycles. The number of phosphoric acid groups is 1. The van der Waals surface area contributed by atoms with Crippen molar-refractivity contribution in [2.45, 2.75) is 238 Å². The predicted molar refractivity (Wildman–Crippen MR) is 275 cm³/mol. The molecule has 0 aliphatic rings. The molecule has 9 nitrogen and oxygen atoms in total. The van der Waals surface area contributed by atoms with Crippen LogP contribution < -0.4 is 5.73 Å². The smallest absolute Gasteiger partial charge is 0.462 e. The molecule has 0 radical (unpaired) electrons. The van der Waals surface area contributed by atoms with Crippen LogP contribution in [0.3, 0.4) is 0 Å². The Labute approximate surface area is 399 Å². The van der Waals surface area contributed by atoms with Crippen LogP contribution in [0.15, 0.2) is 72.9 Å². The number of carbonyl (C=O) groups excluding carboxylic acids is 2. The van der Waals surface area contributed by atoms with Crippen LogP contribution in [-0.2, 0) is 32.7 Å². The fourth-order valence-electron chi connectivity index (χ4n) is 7.19. The van der Waals surface area contributed by atoms with Crippen LogP contribution in [-0.4, -0.2) is 49.3 Å². The van der Waals surface area contributed by atoms with E-state index in [2.05, 4.69) is 86.8 Å². The molecule has 0 aromatic carbocycles. The lowest BCUT2D eigenvalue weighted by atomic mass is 10.0. The molecule has 0 bridgehead atoms. The first-order valence-corrected chi connectivity index (χ1v) is 27.9. The molecule has 0 amide bonds. The van der Waals surface area contributed by atoms with E-state index in [-0.39, 0.29) is 32.6 Å². The van der Waals surface area contributed by atoms with Gasteiger partial charge < -0.3 is 20.1 Å². The fraction of sp³-hybridized carbons (Fsp3) is 0.745. The van der Waals surface area contributed by atoms with Crippen LogP contribution >= 0.6 is 7.82 Å². The summed E-state index contributed by atoms with van der Waals surface area (Å²) in [6, 6.07) is 0. The Hall–Kier alpha value is -2.55. The Kier molecular flexibility index (Phi) is 48.9. The minimum absolute atomic E-state index is 0.0508. The normalized spacial score (nSPS) is 13.7. The van der Waals surface area contributed by atoms with Gasteiger partial charge in [0.05, 0.1) is 13.2 Å². The average Bonchev–Trinajstić information content (AvgIpc) is 3.30. The van der Waals surface area contributed by atoms with Gasteiger partial charge in [0.2, 0.25) is 0 Å². The van der Waals surface area contributed by atoms with E-state index in [0.29, 0.717) is 6.42 Å². The SMILES string of the molecule is CC/C=C\C/C=C\C/C=C\C/C=C\C/C=C\CCCCCCCCCCCCCCCCCC(=O)OC(COC(=O)CCCCCCC/C=C\CCCCCC)COP(=O)(O)OCCN. The molecular formula is C55H98NO8P. The van der Waals surface area contributed by atoms with E-state index in [9.17, 15) is 19.0 Å². The lowest BCUT2D eigenvalue weighted by molar-refractivity contribution is -0.161. The van der Waals surface area contributed by atoms with E-state index < -0.39 is 32.5 Å². The molecule has 2 atom stereocenters. The number of allylic oxidation sites excluding steroid dienone is 12. The Morgan fingerprint density at radius 2 is 0.846 bits per heavy atom. The highest BCUT2D eigenvalue weighted by atomic mass is 31.2. The summed E-state index contributed by atoms with van der Waals surface area (Å²) in [4.78, 5) is 35.0. The summed E-state index contributed by atoms with van der Waals surface area (Å²) in [7, 11) is -4.38. The number of esters is 2. The summed E-state index contributed by atoms with van der Waals surface area (Å²) in [5.74, 6) is -0.836. The van der Waals surface area contributed by atoms with Gasteiger partial charge in [-0.3, -0.25) is 18.6 Å². The summed E-state index contributed by atoms with van der Waals surface area (Å²) in [5.41, 5.74) is 5.36. The molecule has 0 aliphatic heterocycles. The maximum atomic E-state index is 12.7. The van der Waals surface area contributed by atoms with Crippen LogP contribution in [0.25, 0.3) is 0 Å². The highest BCUT2D eigenvalue weighted by Gasteiger charge is 2.26. The summed E-state index contributed by atoms with van der Waals surface area (Å²) < 4.78 is 32.9. The number of unbranched alkanes of at least 4 members (excludes halogenated alkanes) is 24. The van der Waals surface area contributed by atoms with Gasteiger partial charge in [0, 0.05) is 19.4 Å². The van der Waals surface area contributed by atoms with E-state index in [4.69, 9.17) is 24.3 Å². The number of rotatable bonds is 49. The molecule has 0 heterocycles. The largest absolute Gasteiger partial charge is 0.472 e. The first-order valence-electron chi connectivity index (χ1n) is 26.4. The van der Waals surface area contributed by atoms with Crippen molar-refractivity contribution in [3.8, 4) is 0 Å². The number of hydrogen-bond donors (Lipinski definition) is 2. The third kappa shape index (κ3) is 50.7. The Morgan fingerprint density at radius 1 is 0.477 bits per heavy atom. The van der Waals surface area contributed by atoms with Crippen molar-refractivity contribution in [1.82, 2.24) is 0 Å². The van der Waals surface area contributed by atoms with Gasteiger partial charge >= 0.3 is 19.8 Å². The lowest BCUT2D eigenvalue weighted by Gasteiger charge is -2.19. The van der Waals surface area contributed by atoms with Crippen LogP contribution in [0.4, 0.5) is 0 Å². The first-order chi connectivity index (χ1) is 31.8. The van der Waals surface area contributed by atoms with Crippen LogP contribution in [0, 0.1) is 0 Å². The monoisotopic (exact) mass is 932 g/mol. The van der Waals surface area contributed by atoms with Crippen molar-refractivity contribution in [3.63, 3.8) is 0 Å². The molecule has 376 valence electrons. The summed E-state index contributed by atoms with van der Waals surface area (Å²) in [6.07, 6.45) is 63.8. The van der Waals surface area contributed by atoms with E-state index >= 15 is 0 Å². The van der Waals surface area contributed by atoms with Gasteiger partial charge in [0.1, 0.15) is 6.61 Å². The molecule has 0 spiro atoms. The zero-order chi connectivity index (χ0) is 47.4. The third-order valence-electron chi connectivity index (χ3n) is 11.1. The Bertz CT molecular complexity index is 1290. The molecule has 0 aromatic heterocycles. The fourth-order valence-corrected chi connectivity index (χ4v) is 7.95. The van der Waals surface area contributed by atoms with Crippen molar-refractivity contribution < 1.29 is 37.6 Å². The standard InChI is InChI=1S/C55H98NO8P/c1-3-5-7-9-11-13-15-17-18-19-20-21-22-23-24-25-26-27-28-29-30-31-32-33-34-36-38-40-42-44-46-48-55(58)64-53(52-63-65(59,60)62-50-49-56)51-61-54(57)47-45-43-41-39-37-35-16-14-12-10-8-6-4-2/h5,7,11,13-14,16-18,20-21,23-24,53H,3-4,6,8-10,12,15,19,22,25-52,56H2,1-2H3,(H,59,60)/b7-5-,13-11-,16-14-,18-17-,21-20-,24-23-. The van der Waals surface area contributed by atoms with Crippen LogP contribution in [0.1, 0.15) is 232 Å². The van der Waals surface area contributed by atoms with Crippen molar-refractivity contribution in [1.29, 1.82) is 0 Å². The number of carbonyl (C=O) groups is 2. The highest BCUT2D eigenvalue weighted by Crippen LogP contribution is 2.43. The summed E-state index contributed by atoms with van der Waals surface area (Å²) in [5, 5.41) is 0. The van der Waals surface area contributed by atoms with Crippen molar-refractivity contribution in [2.24, 2.45) is 5.73 Å². The lowest BCUT2D eigenvalue weighted by Crippen LogP contribution is -2.29. The third-order valence-corrected chi connectivity index (χ3v) is 12.1. The van der Waals surface area contributed by atoms with Gasteiger partial charge in [0.25, 0.3) is 0 Å². The molecule has 65 heavy (non-hydrogen) atoms. The first kappa shape index (κ1) is 62.4. The predicted octanol–water partition coefficient (Wildman–Crippen LogP) is 16.2. The zero-order valence-electron chi connectivity index (χ0n) is 41.7. The number of hydrogen-bond acceptors (Lipinski definition) is 8. The van der Waals surface area contributed by atoms with Crippen molar-refractivity contribution in [2.75, 3.05) is 26.4 Å². The van der Waals surface area contributed by atoms with E-state index in [0.717, 1.165) is 89.9 Å². The van der Waals surface area contributed by atoms with Crippen LogP contribution in [0.2, 0.25) is 0 Å². The Morgan fingerprint density at radius 3 is 1.28 bits per heavy atom. The van der Waals surface area contributed by atoms with Gasteiger partial charge in [-0.15, -0.1) is 0 Å². The quantitative estimate of drug-likeness (QED) is 0.0265. The van der Waals surface area contributed by atoms with E-state index in [1.807, 2.05) is 0 Å². The minimum Gasteiger partial charge on any atom is -0.462 e. The summed E-state index contributed by atoms with van der Waals surface area (Å²) in [6.45, 7) is 3.61. The van der Waals surface area contributed by atoms with E-state index in [1.54, 1.807) is 0 Å². The highest BCUT2D eigenvalue weighted by molar-refractivity contribution is 7.47. The van der Waals surface area contributed by atoms with E-state index in [1.165, 1.54) is 109 Å². The number of nitrogens with two attached hydrogens (primary N) is 1.